The molecule has 4 nitrogen and oxygen atoms in total. The van der Waals surface area contributed by atoms with Crippen LogP contribution in [0.5, 0.6) is 0 Å². The molecule has 0 radical (unpaired) electrons. The van der Waals surface area contributed by atoms with Crippen LogP contribution in [0.25, 0.3) is 0 Å². The van der Waals surface area contributed by atoms with Gasteiger partial charge in [0.05, 0.1) is 6.04 Å². The molecule has 26 heavy (non-hydrogen) atoms. The second kappa shape index (κ2) is 6.59. The van der Waals surface area contributed by atoms with Gasteiger partial charge in [0.15, 0.2) is 5.96 Å². The predicted molar refractivity (Wildman–Crippen MR) is 98.9 cm³/mol. The highest BCUT2D eigenvalue weighted by Gasteiger charge is 2.31. The van der Waals surface area contributed by atoms with E-state index in [1.54, 1.807) is 12.1 Å². The van der Waals surface area contributed by atoms with Crippen LogP contribution in [0.3, 0.4) is 0 Å². The first-order valence-corrected chi connectivity index (χ1v) is 8.98. The second-order valence-corrected chi connectivity index (χ2v) is 7.04. The van der Waals surface area contributed by atoms with E-state index in [4.69, 9.17) is 11.1 Å². The monoisotopic (exact) mass is 356 g/mol. The van der Waals surface area contributed by atoms with Gasteiger partial charge in [0.1, 0.15) is 11.6 Å². The Morgan fingerprint density at radius 1 is 1.00 bits per heavy atom. The Morgan fingerprint density at radius 2 is 1.58 bits per heavy atom. The normalized spacial score (nSPS) is 19.5. The van der Waals surface area contributed by atoms with E-state index in [-0.39, 0.29) is 23.6 Å². The largest absolute Gasteiger partial charge is 0.370 e. The summed E-state index contributed by atoms with van der Waals surface area (Å²) in [5, 5.41) is 7.77. The molecule has 1 atom stereocenters. The lowest BCUT2D eigenvalue weighted by molar-refractivity contribution is 0.303. The quantitative estimate of drug-likeness (QED) is 0.607. The molecule has 1 saturated heterocycles. The minimum Gasteiger partial charge on any atom is -0.370 e. The number of likely N-dealkylation sites (tertiary alicyclic amines) is 1. The van der Waals surface area contributed by atoms with E-state index in [1.165, 1.54) is 12.1 Å². The summed E-state index contributed by atoms with van der Waals surface area (Å²) in [6, 6.07) is 9.84. The van der Waals surface area contributed by atoms with Crippen LogP contribution in [-0.4, -0.2) is 30.0 Å². The van der Waals surface area contributed by atoms with Gasteiger partial charge in [-0.25, -0.2) is 8.78 Å². The van der Waals surface area contributed by atoms with Crippen LogP contribution in [-0.2, 0) is 12.8 Å². The molecule has 2 aliphatic rings. The van der Waals surface area contributed by atoms with Gasteiger partial charge in [0, 0.05) is 24.5 Å². The molecule has 2 aliphatic heterocycles. The van der Waals surface area contributed by atoms with Crippen LogP contribution in [0.15, 0.2) is 36.4 Å². The van der Waals surface area contributed by atoms with E-state index < -0.39 is 0 Å². The second-order valence-electron chi connectivity index (χ2n) is 7.04. The molecule has 0 saturated carbocycles. The summed E-state index contributed by atoms with van der Waals surface area (Å²) < 4.78 is 27.7. The van der Waals surface area contributed by atoms with Crippen molar-refractivity contribution in [2.45, 2.75) is 31.7 Å². The van der Waals surface area contributed by atoms with Gasteiger partial charge < -0.3 is 15.5 Å². The lowest BCUT2D eigenvalue weighted by atomic mass is 10.0. The Bertz CT molecular complexity index is 798. The minimum atomic E-state index is -0.255. The summed E-state index contributed by atoms with van der Waals surface area (Å²) in [5.74, 6) is -0.437. The first-order valence-electron chi connectivity index (χ1n) is 8.98. The number of benzene rings is 2. The van der Waals surface area contributed by atoms with E-state index in [9.17, 15) is 8.78 Å². The zero-order valence-corrected chi connectivity index (χ0v) is 14.5. The number of fused-ring (bicyclic) bond motifs is 2. The molecular formula is C20H22F2N4. The molecule has 0 bridgehead atoms. The van der Waals surface area contributed by atoms with Crippen molar-refractivity contribution in [3.05, 3.63) is 59.2 Å². The van der Waals surface area contributed by atoms with Crippen molar-refractivity contribution in [1.82, 2.24) is 4.90 Å². The van der Waals surface area contributed by atoms with E-state index >= 15 is 0 Å². The third kappa shape index (κ3) is 3.00. The zero-order valence-electron chi connectivity index (χ0n) is 14.5. The number of anilines is 2. The molecule has 0 aromatic heterocycles. The van der Waals surface area contributed by atoms with Crippen LogP contribution >= 0.6 is 0 Å². The fraction of sp³-hybridized carbons (Fsp3) is 0.350. The minimum absolute atomic E-state index is 0.0724. The number of piperidine rings is 1. The summed E-state index contributed by atoms with van der Waals surface area (Å²) >= 11 is 0. The number of nitrogens with two attached hydrogens (primary N) is 1. The van der Waals surface area contributed by atoms with Crippen LogP contribution in [0.1, 0.15) is 24.0 Å². The van der Waals surface area contributed by atoms with Gasteiger partial charge in [-0.1, -0.05) is 0 Å². The molecule has 2 aromatic carbocycles. The topological polar surface area (TPSA) is 56.4 Å². The smallest absolute Gasteiger partial charge is 0.188 e. The number of hydrogen-bond acceptors (Lipinski definition) is 2. The highest BCUT2D eigenvalue weighted by Crippen LogP contribution is 2.39. The highest BCUT2D eigenvalue weighted by molar-refractivity contribution is 5.76. The van der Waals surface area contributed by atoms with Crippen molar-refractivity contribution in [2.75, 3.05) is 18.0 Å². The van der Waals surface area contributed by atoms with Crippen LogP contribution in [0.2, 0.25) is 0 Å². The number of halogens is 2. The molecule has 1 fully saturated rings. The lowest BCUT2D eigenvalue weighted by Gasteiger charge is -2.41. The van der Waals surface area contributed by atoms with E-state index in [0.717, 1.165) is 41.9 Å². The maximum absolute atomic E-state index is 13.8. The molecule has 4 rings (SSSR count). The third-order valence-corrected chi connectivity index (χ3v) is 5.37. The summed E-state index contributed by atoms with van der Waals surface area (Å²) in [4.78, 5) is 4.07. The first kappa shape index (κ1) is 16.8. The fourth-order valence-electron chi connectivity index (χ4n) is 4.16. The summed E-state index contributed by atoms with van der Waals surface area (Å²) in [7, 11) is 0. The Kier molecular flexibility index (Phi) is 4.26. The number of nitrogens with one attached hydrogen (secondary N) is 1. The molecule has 2 heterocycles. The van der Waals surface area contributed by atoms with Gasteiger partial charge in [0.25, 0.3) is 0 Å². The van der Waals surface area contributed by atoms with Crippen LogP contribution in [0.4, 0.5) is 20.2 Å². The van der Waals surface area contributed by atoms with Crippen molar-refractivity contribution < 1.29 is 8.78 Å². The number of aryl methyl sites for hydroxylation is 2. The Hall–Kier alpha value is -2.63. The zero-order chi connectivity index (χ0) is 18.3. The van der Waals surface area contributed by atoms with E-state index in [1.807, 2.05) is 17.0 Å². The molecule has 136 valence electrons. The van der Waals surface area contributed by atoms with Gasteiger partial charge in [-0.3, -0.25) is 5.41 Å². The molecule has 1 unspecified atom stereocenters. The SMILES string of the molecule is N=C(N)N1CCCC(N2c3ccc(F)cc3CCc3cc(F)ccc32)C1. The Balaban J connectivity index is 1.82. The van der Waals surface area contributed by atoms with E-state index in [2.05, 4.69) is 4.90 Å². The Morgan fingerprint density at radius 3 is 2.12 bits per heavy atom. The molecule has 2 aromatic rings. The molecule has 3 N–H and O–H groups in total. The van der Waals surface area contributed by atoms with Gasteiger partial charge >= 0.3 is 0 Å². The first-order chi connectivity index (χ1) is 12.5. The number of guanidine groups is 1. The molecule has 6 heteroatoms. The summed E-state index contributed by atoms with van der Waals surface area (Å²) in [6.45, 7) is 1.40. The predicted octanol–water partition coefficient (Wildman–Crippen LogP) is 3.56. The number of hydrogen-bond donors (Lipinski definition) is 2. The highest BCUT2D eigenvalue weighted by atomic mass is 19.1. The number of rotatable bonds is 1. The van der Waals surface area contributed by atoms with Crippen molar-refractivity contribution in [3.8, 4) is 0 Å². The lowest BCUT2D eigenvalue weighted by Crippen LogP contribution is -2.50. The molecule has 0 aliphatic carbocycles. The van der Waals surface area contributed by atoms with Crippen molar-refractivity contribution in [1.29, 1.82) is 5.41 Å². The maximum Gasteiger partial charge on any atom is 0.188 e. The van der Waals surface area contributed by atoms with Gasteiger partial charge in [-0.15, -0.1) is 0 Å². The van der Waals surface area contributed by atoms with Crippen LogP contribution in [0, 0.1) is 17.0 Å². The summed E-state index contributed by atoms with van der Waals surface area (Å²) in [5.41, 5.74) is 9.50. The fourth-order valence-corrected chi connectivity index (χ4v) is 4.16. The van der Waals surface area contributed by atoms with E-state index in [0.29, 0.717) is 19.4 Å². The van der Waals surface area contributed by atoms with Gasteiger partial charge in [-0.05, 0) is 73.2 Å². The molecule has 0 spiro atoms. The Labute approximate surface area is 151 Å². The average Bonchev–Trinajstić information content (AvgIpc) is 2.78. The molecule has 0 amide bonds. The number of nitrogens with zero attached hydrogens (tertiary/aromatic N) is 2. The van der Waals surface area contributed by atoms with Gasteiger partial charge in [-0.2, -0.15) is 0 Å². The molecular weight excluding hydrogens is 334 g/mol. The van der Waals surface area contributed by atoms with Gasteiger partial charge in [0.2, 0.25) is 0 Å². The van der Waals surface area contributed by atoms with Crippen molar-refractivity contribution >= 4 is 17.3 Å². The van der Waals surface area contributed by atoms with Crippen molar-refractivity contribution in [3.63, 3.8) is 0 Å². The average molecular weight is 356 g/mol. The standard InChI is InChI=1S/C20H22F2N4/c21-15-5-7-18-13(10-15)3-4-14-11-16(22)6-8-19(14)26(18)17-2-1-9-25(12-17)20(23)24/h5-8,10-11,17H,1-4,9,12H2,(H3,23,24). The summed E-state index contributed by atoms with van der Waals surface area (Å²) in [6.07, 6.45) is 3.21. The third-order valence-electron chi connectivity index (χ3n) is 5.37. The maximum atomic E-state index is 13.8. The van der Waals surface area contributed by atoms with Crippen LogP contribution < -0.4 is 10.6 Å². The van der Waals surface area contributed by atoms with Crippen molar-refractivity contribution in [2.24, 2.45) is 5.73 Å².